The molecule has 4 heteroatoms. The van der Waals surface area contributed by atoms with Crippen molar-refractivity contribution in [3.05, 3.63) is 95.5 Å². The molecule has 0 spiro atoms. The standard InChI is InChI=1S/C24H22ClN2O/c1-26-22(19-11-5-3-6-12-19)24(28-17-18-10-9-15-21(25)16-18)23(27(26)2)20-13-7-4-8-14-20/h3-16H,17H2,1-2H3/q+1. The van der Waals surface area contributed by atoms with Crippen molar-refractivity contribution in [3.8, 4) is 28.3 Å². The summed E-state index contributed by atoms with van der Waals surface area (Å²) < 4.78 is 10.7. The molecule has 0 N–H and O–H groups in total. The Morgan fingerprint density at radius 2 is 1.50 bits per heavy atom. The minimum Gasteiger partial charge on any atom is -0.480 e. The Labute approximate surface area is 170 Å². The molecule has 0 aliphatic heterocycles. The largest absolute Gasteiger partial charge is 0.480 e. The summed E-state index contributed by atoms with van der Waals surface area (Å²) in [7, 11) is 4.11. The SMILES string of the molecule is Cn1c(-c2ccccc2)c(OCc2cccc(Cl)c2)c(-c2ccccc2)[n+]1C. The molecule has 0 aliphatic carbocycles. The molecule has 0 amide bonds. The first-order chi connectivity index (χ1) is 13.6. The lowest BCUT2D eigenvalue weighted by Gasteiger charge is -2.08. The fourth-order valence-electron chi connectivity index (χ4n) is 3.45. The predicted octanol–water partition coefficient (Wildman–Crippen LogP) is 5.42. The number of hydrogen-bond acceptors (Lipinski definition) is 1. The second kappa shape index (κ2) is 7.91. The Morgan fingerprint density at radius 1 is 0.857 bits per heavy atom. The van der Waals surface area contributed by atoms with Gasteiger partial charge in [-0.15, -0.1) is 4.68 Å². The van der Waals surface area contributed by atoms with Crippen molar-refractivity contribution >= 4 is 11.6 Å². The summed E-state index contributed by atoms with van der Waals surface area (Å²) in [6.07, 6.45) is 0. The fraction of sp³-hybridized carbons (Fsp3) is 0.125. The Morgan fingerprint density at radius 3 is 2.14 bits per heavy atom. The van der Waals surface area contributed by atoms with Crippen molar-refractivity contribution in [2.24, 2.45) is 14.1 Å². The predicted molar refractivity (Wildman–Crippen MR) is 113 cm³/mol. The van der Waals surface area contributed by atoms with Gasteiger partial charge < -0.3 is 4.74 Å². The van der Waals surface area contributed by atoms with Crippen LogP contribution in [0.2, 0.25) is 5.02 Å². The maximum absolute atomic E-state index is 6.42. The molecule has 0 bridgehead atoms. The van der Waals surface area contributed by atoms with E-state index in [-0.39, 0.29) is 0 Å². The van der Waals surface area contributed by atoms with E-state index < -0.39 is 0 Å². The number of nitrogens with zero attached hydrogens (tertiary/aromatic N) is 2. The quantitative estimate of drug-likeness (QED) is 0.417. The van der Waals surface area contributed by atoms with Crippen LogP contribution >= 0.6 is 11.6 Å². The Balaban J connectivity index is 1.84. The highest BCUT2D eigenvalue weighted by Gasteiger charge is 2.30. The van der Waals surface area contributed by atoms with Crippen LogP contribution in [-0.4, -0.2) is 4.68 Å². The first kappa shape index (κ1) is 18.3. The minimum absolute atomic E-state index is 0.449. The van der Waals surface area contributed by atoms with E-state index in [2.05, 4.69) is 47.7 Å². The van der Waals surface area contributed by atoms with E-state index in [1.165, 1.54) is 0 Å². The van der Waals surface area contributed by atoms with Crippen LogP contribution in [0.5, 0.6) is 5.75 Å². The van der Waals surface area contributed by atoms with E-state index >= 15 is 0 Å². The highest BCUT2D eigenvalue weighted by Crippen LogP contribution is 2.37. The average molecular weight is 390 g/mol. The molecule has 0 unspecified atom stereocenters. The Hall–Kier alpha value is -3.04. The van der Waals surface area contributed by atoms with Crippen LogP contribution in [0.25, 0.3) is 22.5 Å². The van der Waals surface area contributed by atoms with Gasteiger partial charge in [0.25, 0.3) is 5.69 Å². The monoisotopic (exact) mass is 389 g/mol. The number of ether oxygens (including phenoxy) is 1. The smallest absolute Gasteiger partial charge is 0.280 e. The third-order valence-corrected chi connectivity index (χ3v) is 5.13. The van der Waals surface area contributed by atoms with Gasteiger partial charge in [-0.05, 0) is 29.8 Å². The molecule has 0 saturated heterocycles. The number of benzene rings is 3. The Kier molecular flexibility index (Phi) is 5.18. The van der Waals surface area contributed by atoms with Gasteiger partial charge in [-0.1, -0.05) is 72.3 Å². The van der Waals surface area contributed by atoms with Gasteiger partial charge in [0, 0.05) is 10.6 Å². The molecular formula is C24H22ClN2O+. The first-order valence-electron chi connectivity index (χ1n) is 9.22. The summed E-state index contributed by atoms with van der Waals surface area (Å²) >= 11 is 6.15. The van der Waals surface area contributed by atoms with Gasteiger partial charge in [0.1, 0.15) is 6.61 Å². The number of halogens is 1. The summed E-state index contributed by atoms with van der Waals surface area (Å²) in [5.74, 6) is 0.863. The van der Waals surface area contributed by atoms with E-state index in [0.29, 0.717) is 11.6 Å². The maximum atomic E-state index is 6.42. The van der Waals surface area contributed by atoms with Crippen molar-refractivity contribution in [1.29, 1.82) is 0 Å². The van der Waals surface area contributed by atoms with Gasteiger partial charge in [-0.3, -0.25) is 0 Å². The van der Waals surface area contributed by atoms with Gasteiger partial charge in [-0.2, -0.15) is 4.68 Å². The Bertz CT molecular complexity index is 1030. The topological polar surface area (TPSA) is 18.0 Å². The van der Waals surface area contributed by atoms with Crippen molar-refractivity contribution in [2.75, 3.05) is 0 Å². The van der Waals surface area contributed by atoms with Crippen molar-refractivity contribution in [3.63, 3.8) is 0 Å². The van der Waals surface area contributed by atoms with Gasteiger partial charge in [0.15, 0.2) is 12.7 Å². The molecule has 0 radical (unpaired) electrons. The van der Waals surface area contributed by atoms with Gasteiger partial charge >= 0.3 is 0 Å². The molecule has 0 saturated carbocycles. The first-order valence-corrected chi connectivity index (χ1v) is 9.60. The van der Waals surface area contributed by atoms with Crippen LogP contribution in [0.3, 0.4) is 0 Å². The van der Waals surface area contributed by atoms with Crippen molar-refractivity contribution in [2.45, 2.75) is 6.61 Å². The third-order valence-electron chi connectivity index (χ3n) is 4.89. The van der Waals surface area contributed by atoms with E-state index in [1.807, 2.05) is 60.7 Å². The van der Waals surface area contributed by atoms with E-state index in [9.17, 15) is 0 Å². The third kappa shape index (κ3) is 3.54. The van der Waals surface area contributed by atoms with Crippen LogP contribution in [-0.2, 0) is 20.7 Å². The van der Waals surface area contributed by atoms with Gasteiger partial charge in [0.05, 0.1) is 12.6 Å². The molecule has 28 heavy (non-hydrogen) atoms. The van der Waals surface area contributed by atoms with Crippen LogP contribution in [0.4, 0.5) is 0 Å². The molecule has 4 rings (SSSR count). The maximum Gasteiger partial charge on any atom is 0.280 e. The van der Waals surface area contributed by atoms with Crippen LogP contribution in [0, 0.1) is 0 Å². The lowest BCUT2D eigenvalue weighted by Crippen LogP contribution is -2.39. The van der Waals surface area contributed by atoms with Gasteiger partial charge in [0.2, 0.25) is 5.75 Å². The second-order valence-corrected chi connectivity index (χ2v) is 7.16. The fourth-order valence-corrected chi connectivity index (χ4v) is 3.67. The summed E-state index contributed by atoms with van der Waals surface area (Å²) in [6.45, 7) is 0.449. The average Bonchev–Trinajstić information content (AvgIpc) is 2.98. The van der Waals surface area contributed by atoms with Crippen LogP contribution in [0.1, 0.15) is 5.56 Å². The zero-order valence-electron chi connectivity index (χ0n) is 16.0. The summed E-state index contributed by atoms with van der Waals surface area (Å²) in [5, 5.41) is 0.714. The second-order valence-electron chi connectivity index (χ2n) is 6.72. The molecular weight excluding hydrogens is 368 g/mol. The normalized spacial score (nSPS) is 10.8. The van der Waals surface area contributed by atoms with E-state index in [4.69, 9.17) is 16.3 Å². The van der Waals surface area contributed by atoms with Crippen molar-refractivity contribution in [1.82, 2.24) is 4.68 Å². The molecule has 1 heterocycles. The summed E-state index contributed by atoms with van der Waals surface area (Å²) in [6, 6.07) is 28.5. The van der Waals surface area contributed by atoms with Crippen LogP contribution in [0.15, 0.2) is 84.9 Å². The molecule has 3 nitrogen and oxygen atoms in total. The highest BCUT2D eigenvalue weighted by molar-refractivity contribution is 6.30. The molecule has 1 aromatic heterocycles. The molecule has 0 atom stereocenters. The summed E-state index contributed by atoms with van der Waals surface area (Å²) in [4.78, 5) is 0. The molecule has 140 valence electrons. The minimum atomic E-state index is 0.449. The van der Waals surface area contributed by atoms with Crippen molar-refractivity contribution < 1.29 is 9.42 Å². The number of aromatic nitrogens is 2. The number of rotatable bonds is 5. The van der Waals surface area contributed by atoms with E-state index in [1.54, 1.807) is 0 Å². The zero-order chi connectivity index (χ0) is 19.5. The molecule has 0 fully saturated rings. The lowest BCUT2D eigenvalue weighted by atomic mass is 10.1. The van der Waals surface area contributed by atoms with Gasteiger partial charge in [-0.25, -0.2) is 0 Å². The summed E-state index contributed by atoms with van der Waals surface area (Å²) in [5.41, 5.74) is 5.36. The zero-order valence-corrected chi connectivity index (χ0v) is 16.7. The molecule has 3 aromatic carbocycles. The lowest BCUT2D eigenvalue weighted by molar-refractivity contribution is -0.740. The van der Waals surface area contributed by atoms with E-state index in [0.717, 1.165) is 33.8 Å². The van der Waals surface area contributed by atoms with Crippen LogP contribution < -0.4 is 9.42 Å². The highest BCUT2D eigenvalue weighted by atomic mass is 35.5. The molecule has 4 aromatic rings. The number of hydrogen-bond donors (Lipinski definition) is 0. The molecule has 0 aliphatic rings.